The molecule has 0 aliphatic rings. The number of hydrogen-bond acceptors (Lipinski definition) is 4. The van der Waals surface area contributed by atoms with Crippen LogP contribution in [0.3, 0.4) is 0 Å². The molecule has 4 heteroatoms. The molecule has 0 aliphatic carbocycles. The molecule has 0 spiro atoms. The van der Waals surface area contributed by atoms with E-state index < -0.39 is 0 Å². The van der Waals surface area contributed by atoms with E-state index in [1.54, 1.807) is 18.5 Å². The Balaban J connectivity index is 2.13. The highest BCUT2D eigenvalue weighted by Gasteiger charge is 1.95. The number of hydrogen-bond donors (Lipinski definition) is 0. The van der Waals surface area contributed by atoms with E-state index in [1.165, 1.54) is 0 Å². The summed E-state index contributed by atoms with van der Waals surface area (Å²) in [4.78, 5) is 7.81. The largest absolute Gasteiger partial charge is 0.461 e. The third kappa shape index (κ3) is 4.42. The first-order valence-electron chi connectivity index (χ1n) is 4.30. The maximum absolute atomic E-state index is 5.28. The van der Waals surface area contributed by atoms with Crippen LogP contribution in [0.1, 0.15) is 13.8 Å². The third-order valence-corrected chi connectivity index (χ3v) is 1.31. The van der Waals surface area contributed by atoms with E-state index in [-0.39, 0.29) is 6.10 Å². The second-order valence-corrected chi connectivity index (χ2v) is 2.80. The van der Waals surface area contributed by atoms with Gasteiger partial charge < -0.3 is 9.47 Å². The molecule has 0 aromatic carbocycles. The van der Waals surface area contributed by atoms with Crippen molar-refractivity contribution in [2.75, 3.05) is 13.2 Å². The van der Waals surface area contributed by atoms with Gasteiger partial charge in [0.1, 0.15) is 6.61 Å². The molecule has 72 valence electrons. The van der Waals surface area contributed by atoms with Gasteiger partial charge in [-0.1, -0.05) is 0 Å². The Kier molecular flexibility index (Phi) is 4.18. The first-order chi connectivity index (χ1) is 6.29. The number of aromatic nitrogens is 2. The maximum Gasteiger partial charge on any atom is 0.316 e. The van der Waals surface area contributed by atoms with Gasteiger partial charge in [0.25, 0.3) is 0 Å². The van der Waals surface area contributed by atoms with Gasteiger partial charge in [-0.05, 0) is 19.9 Å². The Morgan fingerprint density at radius 1 is 1.23 bits per heavy atom. The summed E-state index contributed by atoms with van der Waals surface area (Å²) in [5.74, 6) is 0. The Morgan fingerprint density at radius 2 is 1.92 bits per heavy atom. The lowest BCUT2D eigenvalue weighted by Crippen LogP contribution is -2.12. The second-order valence-electron chi connectivity index (χ2n) is 2.80. The molecule has 1 aromatic heterocycles. The Hall–Kier alpha value is -1.16. The molecule has 0 aliphatic heterocycles. The van der Waals surface area contributed by atoms with Gasteiger partial charge in [-0.15, -0.1) is 0 Å². The topological polar surface area (TPSA) is 44.2 Å². The molecule has 13 heavy (non-hydrogen) atoms. The van der Waals surface area contributed by atoms with Gasteiger partial charge in [0, 0.05) is 12.4 Å². The Morgan fingerprint density at radius 3 is 2.54 bits per heavy atom. The van der Waals surface area contributed by atoms with E-state index in [2.05, 4.69) is 9.97 Å². The first-order valence-corrected chi connectivity index (χ1v) is 4.30. The lowest BCUT2D eigenvalue weighted by molar-refractivity contribution is 0.0531. The fraction of sp³-hybridized carbons (Fsp3) is 0.556. The SMILES string of the molecule is CC(C)OCCOc1ncccn1. The summed E-state index contributed by atoms with van der Waals surface area (Å²) in [6.07, 6.45) is 3.53. The fourth-order valence-corrected chi connectivity index (χ4v) is 0.777. The van der Waals surface area contributed by atoms with Crippen LogP contribution in [0.2, 0.25) is 0 Å². The average molecular weight is 182 g/mol. The molecule has 1 aromatic rings. The van der Waals surface area contributed by atoms with Gasteiger partial charge in [-0.25, -0.2) is 9.97 Å². The molecule has 0 saturated carbocycles. The second kappa shape index (κ2) is 5.48. The number of nitrogens with zero attached hydrogens (tertiary/aromatic N) is 2. The highest BCUT2D eigenvalue weighted by Crippen LogP contribution is 1.97. The van der Waals surface area contributed by atoms with Crippen molar-refractivity contribution in [1.82, 2.24) is 9.97 Å². The van der Waals surface area contributed by atoms with Gasteiger partial charge in [0.15, 0.2) is 0 Å². The summed E-state index contributed by atoms with van der Waals surface area (Å²) in [7, 11) is 0. The van der Waals surface area contributed by atoms with Crippen molar-refractivity contribution < 1.29 is 9.47 Å². The highest BCUT2D eigenvalue weighted by atomic mass is 16.5. The van der Waals surface area contributed by atoms with E-state index >= 15 is 0 Å². The molecule has 1 rings (SSSR count). The van der Waals surface area contributed by atoms with E-state index in [0.29, 0.717) is 19.2 Å². The summed E-state index contributed by atoms with van der Waals surface area (Å²) in [5.41, 5.74) is 0. The number of rotatable bonds is 5. The predicted octanol–water partition coefficient (Wildman–Crippen LogP) is 1.28. The van der Waals surface area contributed by atoms with Crippen LogP contribution in [0, 0.1) is 0 Å². The van der Waals surface area contributed by atoms with E-state index in [1.807, 2.05) is 13.8 Å². The minimum atomic E-state index is 0.236. The average Bonchev–Trinajstić information content (AvgIpc) is 2.14. The summed E-state index contributed by atoms with van der Waals surface area (Å²) in [6.45, 7) is 5.02. The van der Waals surface area contributed by atoms with Crippen LogP contribution < -0.4 is 4.74 Å². The summed E-state index contributed by atoms with van der Waals surface area (Å²) in [5, 5.41) is 0. The lowest BCUT2D eigenvalue weighted by Gasteiger charge is -2.07. The van der Waals surface area contributed by atoms with E-state index in [4.69, 9.17) is 9.47 Å². The van der Waals surface area contributed by atoms with Crippen LogP contribution in [0.25, 0.3) is 0 Å². The van der Waals surface area contributed by atoms with Crippen molar-refractivity contribution in [3.05, 3.63) is 18.5 Å². The zero-order valence-electron chi connectivity index (χ0n) is 7.93. The molecule has 0 unspecified atom stereocenters. The Labute approximate surface area is 77.9 Å². The van der Waals surface area contributed by atoms with E-state index in [0.717, 1.165) is 0 Å². The van der Waals surface area contributed by atoms with Gasteiger partial charge in [0.05, 0.1) is 12.7 Å². The van der Waals surface area contributed by atoms with Crippen LogP contribution in [0.4, 0.5) is 0 Å². The van der Waals surface area contributed by atoms with Gasteiger partial charge in [0.2, 0.25) is 0 Å². The molecule has 0 saturated heterocycles. The molecule has 1 heterocycles. The van der Waals surface area contributed by atoms with Crippen molar-refractivity contribution in [3.63, 3.8) is 0 Å². The molecular weight excluding hydrogens is 168 g/mol. The quantitative estimate of drug-likeness (QED) is 0.643. The predicted molar refractivity (Wildman–Crippen MR) is 48.6 cm³/mol. The fourth-order valence-electron chi connectivity index (χ4n) is 0.777. The Bertz CT molecular complexity index is 226. The smallest absolute Gasteiger partial charge is 0.316 e. The van der Waals surface area contributed by atoms with Crippen molar-refractivity contribution in [3.8, 4) is 6.01 Å². The molecule has 4 nitrogen and oxygen atoms in total. The lowest BCUT2D eigenvalue weighted by atomic mass is 10.5. The van der Waals surface area contributed by atoms with Crippen molar-refractivity contribution in [2.45, 2.75) is 20.0 Å². The van der Waals surface area contributed by atoms with Crippen molar-refractivity contribution in [2.24, 2.45) is 0 Å². The number of ether oxygens (including phenoxy) is 2. The van der Waals surface area contributed by atoms with Crippen LogP contribution >= 0.6 is 0 Å². The zero-order chi connectivity index (χ0) is 9.52. The highest BCUT2D eigenvalue weighted by molar-refractivity contribution is 4.92. The molecule has 0 N–H and O–H groups in total. The van der Waals surface area contributed by atoms with E-state index in [9.17, 15) is 0 Å². The van der Waals surface area contributed by atoms with Crippen molar-refractivity contribution >= 4 is 0 Å². The van der Waals surface area contributed by atoms with Crippen LogP contribution in [-0.2, 0) is 4.74 Å². The molecular formula is C9H14N2O2. The monoisotopic (exact) mass is 182 g/mol. The molecule has 0 bridgehead atoms. The minimum Gasteiger partial charge on any atom is -0.461 e. The summed E-state index contributed by atoms with van der Waals surface area (Å²) in [6, 6.07) is 2.15. The zero-order valence-corrected chi connectivity index (χ0v) is 7.93. The minimum absolute atomic E-state index is 0.236. The molecule has 0 fully saturated rings. The molecule has 0 atom stereocenters. The summed E-state index contributed by atoms with van der Waals surface area (Å²) >= 11 is 0. The molecule has 0 radical (unpaired) electrons. The van der Waals surface area contributed by atoms with Gasteiger partial charge in [-0.2, -0.15) is 0 Å². The molecule has 0 amide bonds. The first kappa shape index (κ1) is 9.92. The van der Waals surface area contributed by atoms with Gasteiger partial charge in [-0.3, -0.25) is 0 Å². The maximum atomic E-state index is 5.28. The summed E-state index contributed by atoms with van der Waals surface area (Å²) < 4.78 is 10.5. The van der Waals surface area contributed by atoms with Crippen LogP contribution in [0.15, 0.2) is 18.5 Å². The van der Waals surface area contributed by atoms with Crippen molar-refractivity contribution in [1.29, 1.82) is 0 Å². The van der Waals surface area contributed by atoms with Crippen LogP contribution in [0.5, 0.6) is 6.01 Å². The van der Waals surface area contributed by atoms with Gasteiger partial charge >= 0.3 is 6.01 Å². The standard InChI is InChI=1S/C9H14N2O2/c1-8(2)12-6-7-13-9-10-4-3-5-11-9/h3-5,8H,6-7H2,1-2H3. The normalized spacial score (nSPS) is 10.4. The van der Waals surface area contributed by atoms with Crippen LogP contribution in [-0.4, -0.2) is 29.3 Å². The third-order valence-electron chi connectivity index (χ3n) is 1.31.